The lowest BCUT2D eigenvalue weighted by atomic mass is 9.99. The minimum Gasteiger partial charge on any atom is -0.394 e. The van der Waals surface area contributed by atoms with E-state index in [0.29, 0.717) is 0 Å². The molecule has 0 aromatic rings. The van der Waals surface area contributed by atoms with Crippen LogP contribution >= 0.6 is 0 Å². The van der Waals surface area contributed by atoms with E-state index in [9.17, 15) is 25.5 Å². The Morgan fingerprint density at radius 1 is 0.844 bits per heavy atom. The van der Waals surface area contributed by atoms with E-state index in [1.54, 1.807) is 6.08 Å². The van der Waals surface area contributed by atoms with Crippen molar-refractivity contribution in [3.05, 3.63) is 12.2 Å². The molecule has 0 aromatic heterocycles. The second kappa shape index (κ2) is 17.9. The quantitative estimate of drug-likeness (QED) is 0.157. The average molecular weight is 461 g/mol. The molecule has 7 atom stereocenters. The van der Waals surface area contributed by atoms with E-state index >= 15 is 0 Å². The highest BCUT2D eigenvalue weighted by atomic mass is 16.7. The largest absolute Gasteiger partial charge is 0.394 e. The topological polar surface area (TPSA) is 120 Å². The molecule has 1 rings (SSSR count). The molecule has 0 saturated carbocycles. The van der Waals surface area contributed by atoms with Gasteiger partial charge < -0.3 is 35.0 Å². The molecule has 0 amide bonds. The van der Waals surface area contributed by atoms with Crippen molar-refractivity contribution in [2.45, 2.75) is 128 Å². The lowest BCUT2D eigenvalue weighted by Gasteiger charge is -2.40. The van der Waals surface area contributed by atoms with Crippen molar-refractivity contribution in [1.29, 1.82) is 0 Å². The summed E-state index contributed by atoms with van der Waals surface area (Å²) in [6, 6.07) is 0. The molecule has 0 radical (unpaired) electrons. The fourth-order valence-corrected chi connectivity index (χ4v) is 3.90. The van der Waals surface area contributed by atoms with Gasteiger partial charge in [-0.05, 0) is 12.8 Å². The summed E-state index contributed by atoms with van der Waals surface area (Å²) in [5.41, 5.74) is 0. The van der Waals surface area contributed by atoms with Crippen LogP contribution in [0.3, 0.4) is 0 Å². The van der Waals surface area contributed by atoms with Crippen LogP contribution in [0.25, 0.3) is 0 Å². The van der Waals surface area contributed by atoms with Gasteiger partial charge in [-0.2, -0.15) is 0 Å². The van der Waals surface area contributed by atoms with Crippen molar-refractivity contribution in [1.82, 2.24) is 0 Å². The van der Waals surface area contributed by atoms with Crippen molar-refractivity contribution in [2.75, 3.05) is 13.2 Å². The van der Waals surface area contributed by atoms with E-state index in [1.165, 1.54) is 64.2 Å². The third-order valence-corrected chi connectivity index (χ3v) is 6.26. The number of hydrogen-bond acceptors (Lipinski definition) is 7. The van der Waals surface area contributed by atoms with E-state index in [1.807, 2.05) is 13.0 Å². The van der Waals surface area contributed by atoms with Gasteiger partial charge in [-0.25, -0.2) is 0 Å². The standard InChI is InChI=1S/C25H48O7/c1-3-4-5-6-7-8-9-10-11-12-13-14-15-16-20(27)19(2)18-31-25-24(30)23(29)22(28)21(17-26)32-25/h15-16,19-30H,3-14,17-18H2,1-2H3/b16-15+/t19-,20+,21?,22?,23?,24?,25?/m0/s1. The Bertz CT molecular complexity index is 471. The van der Waals surface area contributed by atoms with Gasteiger partial charge in [0.2, 0.25) is 0 Å². The fourth-order valence-electron chi connectivity index (χ4n) is 3.90. The highest BCUT2D eigenvalue weighted by Crippen LogP contribution is 2.23. The van der Waals surface area contributed by atoms with Gasteiger partial charge in [-0.1, -0.05) is 90.2 Å². The fraction of sp³-hybridized carbons (Fsp3) is 0.920. The third kappa shape index (κ3) is 11.5. The summed E-state index contributed by atoms with van der Waals surface area (Å²) in [6.07, 6.45) is 12.0. The van der Waals surface area contributed by atoms with Crippen LogP contribution < -0.4 is 0 Å². The van der Waals surface area contributed by atoms with Crippen molar-refractivity contribution in [3.63, 3.8) is 0 Å². The molecule has 1 aliphatic rings. The first-order chi connectivity index (χ1) is 15.4. The summed E-state index contributed by atoms with van der Waals surface area (Å²) in [6.45, 7) is 3.68. The SMILES string of the molecule is CCCCCCCCCCCCC/C=C/[C@@H](O)[C@@H](C)COC1OC(CO)C(O)C(O)C1O. The van der Waals surface area contributed by atoms with Crippen LogP contribution in [0, 0.1) is 5.92 Å². The van der Waals surface area contributed by atoms with Crippen molar-refractivity contribution >= 4 is 0 Å². The summed E-state index contributed by atoms with van der Waals surface area (Å²) in [7, 11) is 0. The van der Waals surface area contributed by atoms with Crippen LogP contribution in [0.4, 0.5) is 0 Å². The van der Waals surface area contributed by atoms with Gasteiger partial charge in [0.05, 0.1) is 19.3 Å². The molecule has 1 saturated heterocycles. The molecule has 5 N–H and O–H groups in total. The molecular formula is C25H48O7. The predicted molar refractivity (Wildman–Crippen MR) is 125 cm³/mol. The first kappa shape index (κ1) is 29.5. The minimum atomic E-state index is -1.46. The number of aliphatic hydroxyl groups excluding tert-OH is 5. The Labute approximate surface area is 194 Å². The van der Waals surface area contributed by atoms with Gasteiger partial charge >= 0.3 is 0 Å². The lowest BCUT2D eigenvalue weighted by molar-refractivity contribution is -0.303. The van der Waals surface area contributed by atoms with Crippen molar-refractivity contribution < 1.29 is 35.0 Å². The normalized spacial score (nSPS) is 28.3. The number of ether oxygens (including phenoxy) is 2. The van der Waals surface area contributed by atoms with E-state index in [4.69, 9.17) is 9.47 Å². The van der Waals surface area contributed by atoms with Crippen LogP contribution in [0.2, 0.25) is 0 Å². The number of aliphatic hydroxyl groups is 5. The van der Waals surface area contributed by atoms with Gasteiger partial charge in [-0.15, -0.1) is 0 Å². The Kier molecular flexibility index (Phi) is 16.5. The predicted octanol–water partition coefficient (Wildman–Crippen LogP) is 3.06. The molecule has 0 bridgehead atoms. The molecule has 1 aliphatic heterocycles. The Morgan fingerprint density at radius 2 is 1.41 bits per heavy atom. The highest BCUT2D eigenvalue weighted by molar-refractivity contribution is 4.92. The maximum atomic E-state index is 10.3. The summed E-state index contributed by atoms with van der Waals surface area (Å²) < 4.78 is 10.8. The maximum Gasteiger partial charge on any atom is 0.186 e. The molecule has 7 heteroatoms. The molecule has 1 fully saturated rings. The van der Waals surface area contributed by atoms with E-state index in [2.05, 4.69) is 6.92 Å². The zero-order chi connectivity index (χ0) is 23.8. The number of unbranched alkanes of at least 4 members (excludes halogenated alkanes) is 11. The second-order valence-corrected chi connectivity index (χ2v) is 9.25. The summed E-state index contributed by atoms with van der Waals surface area (Å²) in [5, 5.41) is 49.1. The Morgan fingerprint density at radius 3 is 1.97 bits per heavy atom. The monoisotopic (exact) mass is 460 g/mol. The molecular weight excluding hydrogens is 412 g/mol. The van der Waals surface area contributed by atoms with E-state index in [0.717, 1.165) is 12.8 Å². The first-order valence-electron chi connectivity index (χ1n) is 12.7. The molecule has 0 aliphatic carbocycles. The minimum absolute atomic E-state index is 0.104. The lowest BCUT2D eigenvalue weighted by Crippen LogP contribution is -2.59. The smallest absolute Gasteiger partial charge is 0.186 e. The van der Waals surface area contributed by atoms with Crippen molar-refractivity contribution in [3.8, 4) is 0 Å². The van der Waals surface area contributed by atoms with Gasteiger partial charge in [0.15, 0.2) is 6.29 Å². The third-order valence-electron chi connectivity index (χ3n) is 6.26. The number of allylic oxidation sites excluding steroid dienone is 1. The van der Waals surface area contributed by atoms with Crippen LogP contribution in [0.1, 0.15) is 90.9 Å². The van der Waals surface area contributed by atoms with Crippen molar-refractivity contribution in [2.24, 2.45) is 5.92 Å². The zero-order valence-corrected chi connectivity index (χ0v) is 20.1. The molecule has 0 aromatic carbocycles. The molecule has 190 valence electrons. The molecule has 1 heterocycles. The van der Waals surface area contributed by atoms with E-state index < -0.39 is 43.4 Å². The number of hydrogen-bond donors (Lipinski definition) is 5. The van der Waals surface area contributed by atoms with Crippen LogP contribution in [0.15, 0.2) is 12.2 Å². The van der Waals surface area contributed by atoms with Gasteiger partial charge in [0.1, 0.15) is 24.4 Å². The summed E-state index contributed by atoms with van der Waals surface area (Å²) in [4.78, 5) is 0. The second-order valence-electron chi connectivity index (χ2n) is 9.25. The molecule has 7 nitrogen and oxygen atoms in total. The van der Waals surface area contributed by atoms with Gasteiger partial charge in [0, 0.05) is 5.92 Å². The highest BCUT2D eigenvalue weighted by Gasteiger charge is 2.44. The van der Waals surface area contributed by atoms with Crippen LogP contribution in [-0.4, -0.2) is 75.6 Å². The van der Waals surface area contributed by atoms with Crippen LogP contribution in [0.5, 0.6) is 0 Å². The van der Waals surface area contributed by atoms with E-state index in [-0.39, 0.29) is 12.5 Å². The first-order valence-corrected chi connectivity index (χ1v) is 12.7. The zero-order valence-electron chi connectivity index (χ0n) is 20.1. The molecule has 0 spiro atoms. The summed E-state index contributed by atoms with van der Waals surface area (Å²) in [5.74, 6) is -0.240. The number of rotatable bonds is 18. The average Bonchev–Trinajstić information content (AvgIpc) is 2.79. The molecule has 5 unspecified atom stereocenters. The van der Waals surface area contributed by atoms with Crippen LogP contribution in [-0.2, 0) is 9.47 Å². The maximum absolute atomic E-state index is 10.3. The Balaban J connectivity index is 2.10. The summed E-state index contributed by atoms with van der Waals surface area (Å²) >= 11 is 0. The van der Waals surface area contributed by atoms with Gasteiger partial charge in [0.25, 0.3) is 0 Å². The molecule has 32 heavy (non-hydrogen) atoms. The Hall–Kier alpha value is -0.540. The van der Waals surface area contributed by atoms with Gasteiger partial charge in [-0.3, -0.25) is 0 Å².